The van der Waals surface area contributed by atoms with Gasteiger partial charge in [-0.15, -0.1) is 10.2 Å². The quantitative estimate of drug-likeness (QED) is 0.477. The highest BCUT2D eigenvalue weighted by Crippen LogP contribution is 2.32. The van der Waals surface area contributed by atoms with E-state index in [9.17, 15) is 13.5 Å². The number of nitriles is 1. The highest BCUT2D eigenvalue weighted by molar-refractivity contribution is 7.84. The van der Waals surface area contributed by atoms with Crippen LogP contribution in [0.3, 0.4) is 0 Å². The maximum Gasteiger partial charge on any atom is 0.333 e. The van der Waals surface area contributed by atoms with Crippen LogP contribution in [0.25, 0.3) is 11.5 Å². The number of phenolic OH excluding ortho intramolecular Hbond substituents is 1. The molecule has 2 aromatic carbocycles. The maximum absolute atomic E-state index is 11.5. The molecule has 3 aromatic rings. The lowest BCUT2D eigenvalue weighted by molar-refractivity contribution is 0.192. The van der Waals surface area contributed by atoms with Crippen molar-refractivity contribution in [3.8, 4) is 23.3 Å². The van der Waals surface area contributed by atoms with E-state index < -0.39 is 22.4 Å². The minimum absolute atomic E-state index is 0.0270. The molecule has 4 N–H and O–H groups in total. The summed E-state index contributed by atoms with van der Waals surface area (Å²) in [7, 11) is -4.27. The molecule has 0 unspecified atom stereocenters. The second-order valence-corrected chi connectivity index (χ2v) is 8.18. The largest absolute Gasteiger partial charge is 0.508 e. The van der Waals surface area contributed by atoms with Crippen LogP contribution in [0.4, 0.5) is 5.69 Å². The molecule has 0 radical (unpaired) electrons. The third kappa shape index (κ3) is 5.31. The van der Waals surface area contributed by atoms with Crippen molar-refractivity contribution in [2.24, 2.45) is 5.14 Å². The van der Waals surface area contributed by atoms with Gasteiger partial charge in [0.05, 0.1) is 10.6 Å². The van der Waals surface area contributed by atoms with E-state index in [-0.39, 0.29) is 22.6 Å². The SMILES string of the molecule is Cc1c(N[C@@H](c2nnc(-c3ccc(O)cc3)o2)[C@H](C)OS(N)(=O)=O)ccc(C#N)c1Cl. The van der Waals surface area contributed by atoms with Crippen LogP contribution in [0, 0.1) is 18.3 Å². The molecule has 0 bridgehead atoms. The van der Waals surface area contributed by atoms with Gasteiger partial charge < -0.3 is 14.8 Å². The van der Waals surface area contributed by atoms with Crippen LogP contribution in [0.5, 0.6) is 5.75 Å². The van der Waals surface area contributed by atoms with E-state index in [1.54, 1.807) is 25.1 Å². The molecule has 0 amide bonds. The first kappa shape index (κ1) is 22.5. The molecule has 0 saturated carbocycles. The minimum atomic E-state index is -4.27. The lowest BCUT2D eigenvalue weighted by atomic mass is 10.1. The van der Waals surface area contributed by atoms with Crippen molar-refractivity contribution in [1.29, 1.82) is 5.26 Å². The number of aromatic nitrogens is 2. The Balaban J connectivity index is 1.99. The molecule has 0 fully saturated rings. The zero-order valence-corrected chi connectivity index (χ0v) is 18.0. The van der Waals surface area contributed by atoms with Gasteiger partial charge >= 0.3 is 10.3 Å². The zero-order chi connectivity index (χ0) is 22.8. The normalized spacial score (nSPS) is 13.4. The first-order chi connectivity index (χ1) is 14.6. The fraction of sp³-hybridized carbons (Fsp3) is 0.211. The van der Waals surface area contributed by atoms with Gasteiger partial charge in [-0.25, -0.2) is 5.14 Å². The highest BCUT2D eigenvalue weighted by Gasteiger charge is 2.30. The second-order valence-electron chi connectivity index (χ2n) is 6.62. The number of benzene rings is 2. The number of nitrogens with two attached hydrogens (primary N) is 1. The maximum atomic E-state index is 11.5. The smallest absolute Gasteiger partial charge is 0.333 e. The molecule has 31 heavy (non-hydrogen) atoms. The van der Waals surface area contributed by atoms with Gasteiger partial charge in [0, 0.05) is 11.3 Å². The van der Waals surface area contributed by atoms with Crippen molar-refractivity contribution in [3.63, 3.8) is 0 Å². The lowest BCUT2D eigenvalue weighted by Gasteiger charge is -2.23. The summed E-state index contributed by atoms with van der Waals surface area (Å²) in [5.74, 6) is 0.254. The number of nitrogens with one attached hydrogen (secondary N) is 1. The molecule has 12 heteroatoms. The molecule has 1 heterocycles. The van der Waals surface area contributed by atoms with Crippen LogP contribution in [0.2, 0.25) is 5.02 Å². The van der Waals surface area contributed by atoms with E-state index in [0.29, 0.717) is 22.4 Å². The molecule has 2 atom stereocenters. The van der Waals surface area contributed by atoms with Crippen molar-refractivity contribution in [2.75, 3.05) is 5.32 Å². The first-order valence-corrected chi connectivity index (χ1v) is 10.7. The Kier molecular flexibility index (Phi) is 6.47. The Labute approximate surface area is 183 Å². The summed E-state index contributed by atoms with van der Waals surface area (Å²) in [6.45, 7) is 3.16. The monoisotopic (exact) mass is 463 g/mol. The lowest BCUT2D eigenvalue weighted by Crippen LogP contribution is -2.31. The number of aromatic hydroxyl groups is 1. The fourth-order valence-corrected chi connectivity index (χ4v) is 3.56. The van der Waals surface area contributed by atoms with Crippen molar-refractivity contribution in [3.05, 3.63) is 58.4 Å². The Morgan fingerprint density at radius 2 is 1.94 bits per heavy atom. The molecular formula is C19H18ClN5O5S. The summed E-state index contributed by atoms with van der Waals surface area (Å²) in [6, 6.07) is 10.3. The number of hydrogen-bond donors (Lipinski definition) is 3. The number of nitrogens with zero attached hydrogens (tertiary/aromatic N) is 3. The predicted molar refractivity (Wildman–Crippen MR) is 112 cm³/mol. The Morgan fingerprint density at radius 3 is 2.55 bits per heavy atom. The first-order valence-electron chi connectivity index (χ1n) is 8.88. The van der Waals surface area contributed by atoms with E-state index in [2.05, 4.69) is 15.5 Å². The molecule has 10 nitrogen and oxygen atoms in total. The number of hydrogen-bond acceptors (Lipinski definition) is 9. The third-order valence-electron chi connectivity index (χ3n) is 4.39. The molecule has 162 valence electrons. The fourth-order valence-electron chi connectivity index (χ4n) is 2.82. The van der Waals surface area contributed by atoms with Gasteiger partial charge in [0.1, 0.15) is 24.0 Å². The van der Waals surface area contributed by atoms with Crippen molar-refractivity contribution < 1.29 is 22.1 Å². The van der Waals surface area contributed by atoms with Crippen molar-refractivity contribution in [1.82, 2.24) is 10.2 Å². The topological polar surface area (TPSA) is 164 Å². The predicted octanol–water partition coefficient (Wildman–Crippen LogP) is 3.04. The summed E-state index contributed by atoms with van der Waals surface area (Å²) in [5.41, 5.74) is 1.91. The average Bonchev–Trinajstić information content (AvgIpc) is 3.18. The van der Waals surface area contributed by atoms with E-state index in [1.165, 1.54) is 25.1 Å². The van der Waals surface area contributed by atoms with Crippen LogP contribution in [0.1, 0.15) is 30.0 Å². The summed E-state index contributed by atoms with van der Waals surface area (Å²) in [5, 5.41) is 34.9. The van der Waals surface area contributed by atoms with E-state index >= 15 is 0 Å². The number of anilines is 1. The molecule has 1 aromatic heterocycles. The Morgan fingerprint density at radius 1 is 1.26 bits per heavy atom. The summed E-state index contributed by atoms with van der Waals surface area (Å²) >= 11 is 6.23. The molecule has 3 rings (SSSR count). The number of phenols is 1. The summed E-state index contributed by atoms with van der Waals surface area (Å²) in [6.07, 6.45) is -1.04. The summed E-state index contributed by atoms with van der Waals surface area (Å²) in [4.78, 5) is 0. The number of rotatable bonds is 7. The van der Waals surface area contributed by atoms with Gasteiger partial charge in [0.25, 0.3) is 0 Å². The third-order valence-corrected chi connectivity index (χ3v) is 5.45. The van der Waals surface area contributed by atoms with Crippen LogP contribution >= 0.6 is 11.6 Å². The van der Waals surface area contributed by atoms with Crippen LogP contribution in [-0.2, 0) is 14.5 Å². The van der Waals surface area contributed by atoms with Gasteiger partial charge in [-0.1, -0.05) is 11.6 Å². The molecule has 0 saturated heterocycles. The molecular weight excluding hydrogens is 446 g/mol. The average molecular weight is 464 g/mol. The van der Waals surface area contributed by atoms with Gasteiger partial charge in [0.15, 0.2) is 0 Å². The molecule has 0 spiro atoms. The van der Waals surface area contributed by atoms with Gasteiger partial charge in [-0.05, 0) is 55.8 Å². The van der Waals surface area contributed by atoms with Gasteiger partial charge in [-0.2, -0.15) is 13.7 Å². The van der Waals surface area contributed by atoms with E-state index in [4.69, 9.17) is 30.6 Å². The van der Waals surface area contributed by atoms with Crippen LogP contribution < -0.4 is 10.5 Å². The van der Waals surface area contributed by atoms with Crippen LogP contribution in [-0.4, -0.2) is 29.8 Å². The second kappa shape index (κ2) is 8.91. The Bertz CT molecular complexity index is 1240. The van der Waals surface area contributed by atoms with Crippen LogP contribution in [0.15, 0.2) is 40.8 Å². The molecule has 0 aliphatic carbocycles. The van der Waals surface area contributed by atoms with Crippen molar-refractivity contribution >= 4 is 27.6 Å². The highest BCUT2D eigenvalue weighted by atomic mass is 35.5. The molecule has 0 aliphatic rings. The summed E-state index contributed by atoms with van der Waals surface area (Å²) < 4.78 is 33.6. The minimum Gasteiger partial charge on any atom is -0.508 e. The number of halogens is 1. The zero-order valence-electron chi connectivity index (χ0n) is 16.4. The standard InChI is InChI=1S/C19H18ClN5O5S/c1-10-15(8-5-13(9-21)16(10)20)23-17(11(2)30-31(22,27)28)19-25-24-18(29-19)12-3-6-14(26)7-4-12/h3-8,11,17,23,26H,1-2H3,(H2,22,27,28)/t11-,17+/m0/s1. The van der Waals surface area contributed by atoms with Gasteiger partial charge in [-0.3, -0.25) is 4.18 Å². The molecule has 0 aliphatic heterocycles. The van der Waals surface area contributed by atoms with E-state index in [1.807, 2.05) is 6.07 Å². The van der Waals surface area contributed by atoms with E-state index in [0.717, 1.165) is 0 Å². The van der Waals surface area contributed by atoms with Gasteiger partial charge in [0.2, 0.25) is 11.8 Å². The Hall–Kier alpha value is -3.17. The van der Waals surface area contributed by atoms with Crippen molar-refractivity contribution in [2.45, 2.75) is 26.0 Å².